The van der Waals surface area contributed by atoms with Crippen LogP contribution in [-0.4, -0.2) is 73.2 Å². The predicted molar refractivity (Wildman–Crippen MR) is 63.6 cm³/mol. The first-order chi connectivity index (χ1) is 7.37. The van der Waals surface area contributed by atoms with E-state index in [0.717, 1.165) is 6.54 Å². The molecule has 0 aromatic rings. The number of hydrogen-bond acceptors (Lipinski definition) is 4. The molecule has 0 aromatic carbocycles. The van der Waals surface area contributed by atoms with Crippen LogP contribution < -0.4 is 5.32 Å². The molecule has 0 saturated carbocycles. The lowest BCUT2D eigenvalue weighted by Gasteiger charge is -2.26. The first-order valence-corrected chi connectivity index (χ1v) is 5.71. The molecular formula is C11H23N3O2. The third-order valence-corrected chi connectivity index (χ3v) is 3.35. The molecule has 2 N–H and O–H groups in total. The van der Waals surface area contributed by atoms with Gasteiger partial charge in [0.1, 0.15) is 5.54 Å². The number of hydrogen-bond donors (Lipinski definition) is 2. The Kier molecular flexibility index (Phi) is 4.29. The van der Waals surface area contributed by atoms with Crippen molar-refractivity contribution in [1.82, 2.24) is 15.1 Å². The van der Waals surface area contributed by atoms with E-state index >= 15 is 0 Å². The number of aliphatic carboxylic acids is 1. The Morgan fingerprint density at radius 1 is 1.62 bits per heavy atom. The number of carboxylic acids is 1. The van der Waals surface area contributed by atoms with E-state index in [1.807, 2.05) is 26.0 Å². The van der Waals surface area contributed by atoms with Gasteiger partial charge in [0.2, 0.25) is 0 Å². The maximum absolute atomic E-state index is 11.4. The fraction of sp³-hybridized carbons (Fsp3) is 0.909. The van der Waals surface area contributed by atoms with Crippen LogP contribution in [0.5, 0.6) is 0 Å². The molecule has 1 rings (SSSR count). The van der Waals surface area contributed by atoms with Gasteiger partial charge in [-0.05, 0) is 34.5 Å². The summed E-state index contributed by atoms with van der Waals surface area (Å²) >= 11 is 0. The van der Waals surface area contributed by atoms with Crippen molar-refractivity contribution in [3.63, 3.8) is 0 Å². The van der Waals surface area contributed by atoms with E-state index in [0.29, 0.717) is 25.6 Å². The second-order valence-corrected chi connectivity index (χ2v) is 5.09. The van der Waals surface area contributed by atoms with Crippen LogP contribution >= 0.6 is 0 Å². The van der Waals surface area contributed by atoms with E-state index in [1.165, 1.54) is 0 Å². The second kappa shape index (κ2) is 5.12. The Morgan fingerprint density at radius 3 is 2.62 bits per heavy atom. The van der Waals surface area contributed by atoms with Gasteiger partial charge in [-0.2, -0.15) is 0 Å². The molecular weight excluding hydrogens is 206 g/mol. The van der Waals surface area contributed by atoms with Crippen molar-refractivity contribution in [3.05, 3.63) is 0 Å². The van der Waals surface area contributed by atoms with Gasteiger partial charge >= 0.3 is 5.97 Å². The van der Waals surface area contributed by atoms with E-state index in [9.17, 15) is 9.90 Å². The summed E-state index contributed by atoms with van der Waals surface area (Å²) in [6.07, 6.45) is 0.673. The summed E-state index contributed by atoms with van der Waals surface area (Å²) in [5.74, 6) is -0.734. The fourth-order valence-electron chi connectivity index (χ4n) is 2.18. The number of carbonyl (C=O) groups is 1. The highest BCUT2D eigenvalue weighted by atomic mass is 16.4. The van der Waals surface area contributed by atoms with Crippen molar-refractivity contribution in [2.45, 2.75) is 24.9 Å². The smallest absolute Gasteiger partial charge is 0.325 e. The number of likely N-dealkylation sites (tertiary alicyclic amines) is 1. The molecule has 0 aromatic heterocycles. The normalized spacial score (nSPS) is 31.2. The van der Waals surface area contributed by atoms with Gasteiger partial charge in [0.15, 0.2) is 0 Å². The van der Waals surface area contributed by atoms with Gasteiger partial charge in [-0.1, -0.05) is 0 Å². The summed E-state index contributed by atoms with van der Waals surface area (Å²) in [4.78, 5) is 15.5. The average Bonchev–Trinajstić information content (AvgIpc) is 2.43. The zero-order valence-corrected chi connectivity index (χ0v) is 10.7. The molecule has 1 heterocycles. The third kappa shape index (κ3) is 2.93. The molecule has 0 bridgehead atoms. The molecule has 0 spiro atoms. The van der Waals surface area contributed by atoms with Gasteiger partial charge < -0.3 is 14.9 Å². The summed E-state index contributed by atoms with van der Waals surface area (Å²) in [5, 5.41) is 12.6. The Labute approximate surface area is 97.4 Å². The van der Waals surface area contributed by atoms with Crippen LogP contribution in [0, 0.1) is 0 Å². The van der Waals surface area contributed by atoms with Gasteiger partial charge in [-0.15, -0.1) is 0 Å². The molecule has 2 atom stereocenters. The fourth-order valence-corrected chi connectivity index (χ4v) is 2.18. The Balaban J connectivity index is 2.58. The van der Waals surface area contributed by atoms with Crippen molar-refractivity contribution in [3.8, 4) is 0 Å². The van der Waals surface area contributed by atoms with Gasteiger partial charge in [0.05, 0.1) is 0 Å². The van der Waals surface area contributed by atoms with Crippen LogP contribution in [0.4, 0.5) is 0 Å². The highest BCUT2D eigenvalue weighted by molar-refractivity contribution is 5.79. The number of likely N-dealkylation sites (N-methyl/N-ethyl adjacent to an activating group) is 2. The predicted octanol–water partition coefficient (Wildman–Crippen LogP) is -0.315. The SMILES string of the molecule is CC1CC(NCCN(C)C)(C(=O)O)CN1C. The van der Waals surface area contributed by atoms with Crippen LogP contribution in [0.15, 0.2) is 0 Å². The summed E-state index contributed by atoms with van der Waals surface area (Å²) in [7, 11) is 5.94. The Hall–Kier alpha value is -0.650. The molecule has 1 fully saturated rings. The van der Waals surface area contributed by atoms with Crippen molar-refractivity contribution >= 4 is 5.97 Å². The lowest BCUT2D eigenvalue weighted by Crippen LogP contribution is -2.55. The second-order valence-electron chi connectivity index (χ2n) is 5.09. The lowest BCUT2D eigenvalue weighted by molar-refractivity contribution is -0.144. The topological polar surface area (TPSA) is 55.8 Å². The summed E-state index contributed by atoms with van der Waals surface area (Å²) in [6.45, 7) is 4.21. The van der Waals surface area contributed by atoms with Crippen molar-refractivity contribution in [1.29, 1.82) is 0 Å². The number of rotatable bonds is 5. The minimum atomic E-state index is -0.760. The highest BCUT2D eigenvalue weighted by Crippen LogP contribution is 2.25. The molecule has 5 nitrogen and oxygen atoms in total. The number of nitrogens with one attached hydrogen (secondary N) is 1. The number of carboxylic acid groups (broad SMARTS) is 1. The number of nitrogens with zero attached hydrogens (tertiary/aromatic N) is 2. The summed E-state index contributed by atoms with van der Waals surface area (Å²) in [5.41, 5.74) is -0.760. The van der Waals surface area contributed by atoms with Crippen molar-refractivity contribution < 1.29 is 9.90 Å². The molecule has 1 saturated heterocycles. The van der Waals surface area contributed by atoms with Crippen LogP contribution in [0.1, 0.15) is 13.3 Å². The standard InChI is InChI=1S/C11H23N3O2/c1-9-7-11(10(15)16,8-14(9)4)12-5-6-13(2)3/h9,12H,5-8H2,1-4H3,(H,15,16). The zero-order chi connectivity index (χ0) is 12.3. The van der Waals surface area contributed by atoms with Gasteiger partial charge in [-0.3, -0.25) is 10.1 Å². The van der Waals surface area contributed by atoms with Crippen LogP contribution in [0.2, 0.25) is 0 Å². The molecule has 2 unspecified atom stereocenters. The quantitative estimate of drug-likeness (QED) is 0.677. The van der Waals surface area contributed by atoms with E-state index in [-0.39, 0.29) is 0 Å². The summed E-state index contributed by atoms with van der Waals surface area (Å²) < 4.78 is 0. The monoisotopic (exact) mass is 229 g/mol. The lowest BCUT2D eigenvalue weighted by atomic mass is 9.96. The van der Waals surface area contributed by atoms with Crippen LogP contribution in [0.3, 0.4) is 0 Å². The minimum absolute atomic E-state index is 0.322. The Morgan fingerprint density at radius 2 is 2.25 bits per heavy atom. The molecule has 5 heteroatoms. The highest BCUT2D eigenvalue weighted by Gasteiger charge is 2.46. The molecule has 16 heavy (non-hydrogen) atoms. The maximum Gasteiger partial charge on any atom is 0.325 e. The summed E-state index contributed by atoms with van der Waals surface area (Å²) in [6, 6.07) is 0.322. The largest absolute Gasteiger partial charge is 0.480 e. The van der Waals surface area contributed by atoms with Crippen molar-refractivity contribution in [2.24, 2.45) is 0 Å². The molecule has 0 aliphatic carbocycles. The van der Waals surface area contributed by atoms with E-state index in [4.69, 9.17) is 0 Å². The van der Waals surface area contributed by atoms with Gasteiger partial charge in [0, 0.05) is 25.7 Å². The van der Waals surface area contributed by atoms with E-state index < -0.39 is 11.5 Å². The van der Waals surface area contributed by atoms with Crippen molar-refractivity contribution in [2.75, 3.05) is 40.8 Å². The molecule has 0 radical (unpaired) electrons. The van der Waals surface area contributed by atoms with E-state index in [1.54, 1.807) is 0 Å². The van der Waals surface area contributed by atoms with E-state index in [2.05, 4.69) is 17.1 Å². The zero-order valence-electron chi connectivity index (χ0n) is 10.7. The van der Waals surface area contributed by atoms with Crippen LogP contribution in [0.25, 0.3) is 0 Å². The third-order valence-electron chi connectivity index (χ3n) is 3.35. The van der Waals surface area contributed by atoms with Gasteiger partial charge in [0.25, 0.3) is 0 Å². The molecule has 1 aliphatic heterocycles. The average molecular weight is 229 g/mol. The molecule has 94 valence electrons. The molecule has 0 amide bonds. The van der Waals surface area contributed by atoms with Gasteiger partial charge in [-0.25, -0.2) is 0 Å². The first-order valence-electron chi connectivity index (χ1n) is 5.71. The molecule has 1 aliphatic rings. The maximum atomic E-state index is 11.4. The first kappa shape index (κ1) is 13.4. The van der Waals surface area contributed by atoms with Crippen LogP contribution in [-0.2, 0) is 4.79 Å². The minimum Gasteiger partial charge on any atom is -0.480 e. The Bertz CT molecular complexity index is 246.